The van der Waals surface area contributed by atoms with Crippen molar-refractivity contribution in [2.24, 2.45) is 0 Å². The van der Waals surface area contributed by atoms with Gasteiger partial charge in [0, 0.05) is 30.0 Å². The van der Waals surface area contributed by atoms with E-state index >= 15 is 4.39 Å². The fraction of sp³-hybridized carbons (Fsp3) is 0.148. The summed E-state index contributed by atoms with van der Waals surface area (Å²) in [6.07, 6.45) is 1.28. The number of rotatable bonds is 8. The number of nitrogens with zero attached hydrogens (tertiary/aromatic N) is 2. The molecule has 7 nitrogen and oxygen atoms in total. The lowest BCUT2D eigenvalue weighted by Crippen LogP contribution is -2.06. The number of aromatic amines is 2. The molecule has 3 N–H and O–H groups in total. The molecule has 0 aliphatic rings. The van der Waals surface area contributed by atoms with Gasteiger partial charge in [0.1, 0.15) is 23.2 Å². The Morgan fingerprint density at radius 2 is 1.87 bits per heavy atom. The lowest BCUT2D eigenvalue weighted by Gasteiger charge is -2.12. The van der Waals surface area contributed by atoms with Gasteiger partial charge in [-0.05, 0) is 41.8 Å². The summed E-state index contributed by atoms with van der Waals surface area (Å²) in [7, 11) is 0. The number of fused-ring (bicyclic) bond motifs is 1. The quantitative estimate of drug-likeness (QED) is 0.202. The molecule has 5 aromatic rings. The molecule has 38 heavy (non-hydrogen) atoms. The van der Waals surface area contributed by atoms with Crippen LogP contribution < -0.4 is 4.74 Å². The summed E-state index contributed by atoms with van der Waals surface area (Å²) >= 11 is 0. The highest BCUT2D eigenvalue weighted by atomic mass is 19.1. The molecule has 0 radical (unpaired) electrons. The lowest BCUT2D eigenvalue weighted by molar-refractivity contribution is -0.136. The minimum absolute atomic E-state index is 0.0274. The molecular formula is C27H20F4N4O3. The second-order valence-corrected chi connectivity index (χ2v) is 8.66. The van der Waals surface area contributed by atoms with Gasteiger partial charge in [0.15, 0.2) is 23.2 Å². The van der Waals surface area contributed by atoms with Gasteiger partial charge in [-0.25, -0.2) is 22.5 Å². The third-order valence-corrected chi connectivity index (χ3v) is 6.20. The second kappa shape index (κ2) is 10.0. The van der Waals surface area contributed by atoms with Crippen LogP contribution in [0.2, 0.25) is 0 Å². The van der Waals surface area contributed by atoms with E-state index in [0.29, 0.717) is 0 Å². The molecule has 0 saturated heterocycles. The van der Waals surface area contributed by atoms with E-state index in [1.54, 1.807) is 19.1 Å². The van der Waals surface area contributed by atoms with Crippen molar-refractivity contribution >= 4 is 16.9 Å². The van der Waals surface area contributed by atoms with Gasteiger partial charge < -0.3 is 14.8 Å². The van der Waals surface area contributed by atoms with Crippen LogP contribution in [0.25, 0.3) is 22.3 Å². The Hall–Kier alpha value is -4.67. The Kier molecular flexibility index (Phi) is 6.58. The maximum Gasteiger partial charge on any atom is 0.303 e. The van der Waals surface area contributed by atoms with Gasteiger partial charge in [-0.2, -0.15) is 5.10 Å². The van der Waals surface area contributed by atoms with E-state index in [-0.39, 0.29) is 57.8 Å². The maximum absolute atomic E-state index is 15.1. The fourth-order valence-corrected chi connectivity index (χ4v) is 4.17. The van der Waals surface area contributed by atoms with Gasteiger partial charge in [-0.3, -0.25) is 9.89 Å². The molecular weight excluding hydrogens is 504 g/mol. The molecule has 1 atom stereocenters. The molecule has 0 aliphatic carbocycles. The van der Waals surface area contributed by atoms with E-state index in [2.05, 4.69) is 20.2 Å². The minimum atomic E-state index is -1.04. The number of carboxylic acid groups (broad SMARTS) is 1. The van der Waals surface area contributed by atoms with Gasteiger partial charge >= 0.3 is 5.97 Å². The van der Waals surface area contributed by atoms with Gasteiger partial charge in [0.05, 0.1) is 11.1 Å². The van der Waals surface area contributed by atoms with Crippen LogP contribution in [0.4, 0.5) is 17.6 Å². The maximum atomic E-state index is 15.1. The predicted octanol–water partition coefficient (Wildman–Crippen LogP) is 6.47. The highest BCUT2D eigenvalue weighted by Gasteiger charge is 2.22. The molecule has 0 saturated carbocycles. The standard InChI is InChI=1S/C27H20F4N4O3/c1-13(16-4-2-3-14(23(16)30)5-8-22(36)37)26-33-27(35-34-26)18-11-15(6-7-19(18)28)38-25-20(29)12-21-17(24(25)31)9-10-32-21/h2-4,6-7,9-13,32H,5,8H2,1H3,(H,36,37)(H,33,34,35)/t13-/m1/s1. The molecule has 0 bridgehead atoms. The molecule has 11 heteroatoms. The Bertz CT molecular complexity index is 1660. The van der Waals surface area contributed by atoms with Crippen LogP contribution in [-0.4, -0.2) is 31.2 Å². The van der Waals surface area contributed by atoms with Crippen LogP contribution >= 0.6 is 0 Å². The van der Waals surface area contributed by atoms with Crippen molar-refractivity contribution in [2.45, 2.75) is 25.7 Å². The first-order valence-electron chi connectivity index (χ1n) is 11.6. The number of carboxylic acids is 1. The van der Waals surface area contributed by atoms with E-state index in [0.717, 1.165) is 12.1 Å². The van der Waals surface area contributed by atoms with Crippen LogP contribution in [0, 0.1) is 23.3 Å². The monoisotopic (exact) mass is 524 g/mol. The molecule has 0 fully saturated rings. The van der Waals surface area contributed by atoms with Crippen LogP contribution in [-0.2, 0) is 11.2 Å². The van der Waals surface area contributed by atoms with E-state index in [9.17, 15) is 18.0 Å². The molecule has 0 unspecified atom stereocenters. The number of H-pyrrole nitrogens is 2. The lowest BCUT2D eigenvalue weighted by atomic mass is 9.96. The summed E-state index contributed by atoms with van der Waals surface area (Å²) in [4.78, 5) is 17.9. The number of hydrogen-bond acceptors (Lipinski definition) is 4. The van der Waals surface area contributed by atoms with Crippen molar-refractivity contribution in [3.63, 3.8) is 0 Å². The first kappa shape index (κ1) is 25.0. The summed E-state index contributed by atoms with van der Waals surface area (Å²) in [6.45, 7) is 1.67. The van der Waals surface area contributed by atoms with Crippen LogP contribution in [0.15, 0.2) is 54.7 Å². The average Bonchev–Trinajstić information content (AvgIpc) is 3.56. The molecule has 194 valence electrons. The SMILES string of the molecule is C[C@@H](c1nc(-c2cc(Oc3c(F)cc4[nH]ccc4c3F)ccc2F)n[nH]1)c1cccc(CCC(=O)O)c1F. The van der Waals surface area contributed by atoms with Crippen molar-refractivity contribution in [3.8, 4) is 22.9 Å². The predicted molar refractivity (Wildman–Crippen MR) is 130 cm³/mol. The summed E-state index contributed by atoms with van der Waals surface area (Å²) in [5.74, 6) is -5.30. The first-order valence-corrected chi connectivity index (χ1v) is 11.6. The first-order chi connectivity index (χ1) is 18.2. The topological polar surface area (TPSA) is 104 Å². The number of aryl methyl sites for hydroxylation is 1. The molecule has 0 aliphatic heterocycles. The van der Waals surface area contributed by atoms with Crippen molar-refractivity contribution in [2.75, 3.05) is 0 Å². The van der Waals surface area contributed by atoms with Gasteiger partial charge in [-0.1, -0.05) is 25.1 Å². The zero-order valence-electron chi connectivity index (χ0n) is 19.9. The molecule has 3 aromatic carbocycles. The van der Waals surface area contributed by atoms with E-state index in [1.807, 2.05) is 0 Å². The van der Waals surface area contributed by atoms with Crippen molar-refractivity contribution in [1.82, 2.24) is 20.2 Å². The average molecular weight is 524 g/mol. The van der Waals surface area contributed by atoms with E-state index in [4.69, 9.17) is 9.84 Å². The smallest absolute Gasteiger partial charge is 0.303 e. The molecule has 2 heterocycles. The van der Waals surface area contributed by atoms with E-state index in [1.165, 1.54) is 30.5 Å². The molecule has 0 spiro atoms. The van der Waals surface area contributed by atoms with Crippen molar-refractivity contribution < 1.29 is 32.2 Å². The Morgan fingerprint density at radius 3 is 2.66 bits per heavy atom. The molecule has 5 rings (SSSR count). The van der Waals surface area contributed by atoms with Crippen LogP contribution in [0.5, 0.6) is 11.5 Å². The second-order valence-electron chi connectivity index (χ2n) is 8.66. The Labute approximate surface area is 213 Å². The summed E-state index contributed by atoms with van der Waals surface area (Å²) in [5, 5.41) is 15.7. The van der Waals surface area contributed by atoms with Gasteiger partial charge in [-0.15, -0.1) is 0 Å². The van der Waals surface area contributed by atoms with Gasteiger partial charge in [0.2, 0.25) is 0 Å². The van der Waals surface area contributed by atoms with Crippen molar-refractivity contribution in [1.29, 1.82) is 0 Å². The van der Waals surface area contributed by atoms with Gasteiger partial charge in [0.25, 0.3) is 0 Å². The number of nitrogens with one attached hydrogen (secondary N) is 2. The Balaban J connectivity index is 1.43. The van der Waals surface area contributed by atoms with Crippen LogP contribution in [0.3, 0.4) is 0 Å². The molecule has 2 aromatic heterocycles. The highest BCUT2D eigenvalue weighted by Crippen LogP contribution is 2.35. The number of benzene rings is 3. The third kappa shape index (κ3) is 4.70. The number of halogens is 4. The fourth-order valence-electron chi connectivity index (χ4n) is 4.17. The summed E-state index contributed by atoms with van der Waals surface area (Å²) < 4.78 is 64.5. The normalized spacial score (nSPS) is 12.1. The number of aromatic nitrogens is 4. The summed E-state index contributed by atoms with van der Waals surface area (Å²) in [5.41, 5.74) is 0.679. The van der Waals surface area contributed by atoms with Crippen LogP contribution in [0.1, 0.15) is 36.2 Å². The number of carbonyl (C=O) groups is 1. The molecule has 0 amide bonds. The Morgan fingerprint density at radius 1 is 1.05 bits per heavy atom. The zero-order chi connectivity index (χ0) is 27.0. The highest BCUT2D eigenvalue weighted by molar-refractivity contribution is 5.82. The largest absolute Gasteiger partial charge is 0.481 e. The minimum Gasteiger partial charge on any atom is -0.481 e. The number of aliphatic carboxylic acids is 1. The number of ether oxygens (including phenoxy) is 1. The van der Waals surface area contributed by atoms with Crippen molar-refractivity contribution in [3.05, 3.63) is 94.9 Å². The van der Waals surface area contributed by atoms with E-state index < -0.39 is 40.9 Å². The third-order valence-electron chi connectivity index (χ3n) is 6.20. The zero-order valence-corrected chi connectivity index (χ0v) is 19.9. The number of hydrogen-bond donors (Lipinski definition) is 3. The summed E-state index contributed by atoms with van der Waals surface area (Å²) in [6, 6.07) is 10.7.